The van der Waals surface area contributed by atoms with E-state index >= 15 is 0 Å². The van der Waals surface area contributed by atoms with Crippen LogP contribution in [0.4, 0.5) is 0 Å². The maximum absolute atomic E-state index is 12.8. The van der Waals surface area contributed by atoms with Crippen LogP contribution in [0.5, 0.6) is 5.75 Å². The van der Waals surface area contributed by atoms with Crippen LogP contribution in [0.3, 0.4) is 0 Å². The number of methoxy groups -OCH3 is 1. The third-order valence-corrected chi connectivity index (χ3v) is 6.65. The van der Waals surface area contributed by atoms with Crippen LogP contribution in [0.1, 0.15) is 31.2 Å². The molecule has 0 atom stereocenters. The summed E-state index contributed by atoms with van der Waals surface area (Å²) in [5, 5.41) is 9.05. The molecule has 9 heteroatoms. The highest BCUT2D eigenvalue weighted by molar-refractivity contribution is 8.26. The summed E-state index contributed by atoms with van der Waals surface area (Å²) in [4.78, 5) is 40.0. The van der Waals surface area contributed by atoms with Gasteiger partial charge in [0.15, 0.2) is 0 Å². The average Bonchev–Trinajstić information content (AvgIpc) is 3.01. The van der Waals surface area contributed by atoms with Gasteiger partial charge in [0.25, 0.3) is 5.91 Å². The molecule has 0 bridgehead atoms. The van der Waals surface area contributed by atoms with Crippen molar-refractivity contribution in [2.75, 3.05) is 26.7 Å². The molecule has 2 amide bonds. The molecule has 1 aromatic rings. The number of benzene rings is 1. The Balaban J connectivity index is 1.52. The number of carbonyl (C=O) groups is 3. The zero-order chi connectivity index (χ0) is 21.7. The highest BCUT2D eigenvalue weighted by Gasteiger charge is 2.32. The van der Waals surface area contributed by atoms with E-state index in [4.69, 9.17) is 22.1 Å². The van der Waals surface area contributed by atoms with Crippen molar-refractivity contribution in [2.24, 2.45) is 5.92 Å². The molecule has 1 aromatic carbocycles. The van der Waals surface area contributed by atoms with Crippen molar-refractivity contribution >= 4 is 52.2 Å². The number of hydrogen-bond acceptors (Lipinski definition) is 6. The van der Waals surface area contributed by atoms with Gasteiger partial charge in [0.2, 0.25) is 5.91 Å². The number of likely N-dealkylation sites (tertiary alicyclic amines) is 1. The molecule has 0 unspecified atom stereocenters. The number of carboxylic acid groups (broad SMARTS) is 1. The molecule has 7 nitrogen and oxygen atoms in total. The zero-order valence-corrected chi connectivity index (χ0v) is 18.3. The topological polar surface area (TPSA) is 87.2 Å². The van der Waals surface area contributed by atoms with E-state index in [0.29, 0.717) is 60.3 Å². The molecular formula is C21H24N2O5S2. The number of thioether (sulfide) groups is 1. The first-order chi connectivity index (χ1) is 14.4. The lowest BCUT2D eigenvalue weighted by Gasteiger charge is -2.30. The number of hydrogen-bond donors (Lipinski definition) is 1. The number of carboxylic acids is 1. The minimum atomic E-state index is -0.794. The first kappa shape index (κ1) is 22.3. The Morgan fingerprint density at radius 2 is 2.00 bits per heavy atom. The minimum absolute atomic E-state index is 0.00570. The highest BCUT2D eigenvalue weighted by atomic mass is 32.2. The average molecular weight is 449 g/mol. The summed E-state index contributed by atoms with van der Waals surface area (Å²) in [6, 6.07) is 7.44. The lowest BCUT2D eigenvalue weighted by molar-refractivity contribution is -0.145. The highest BCUT2D eigenvalue weighted by Crippen LogP contribution is 2.34. The zero-order valence-electron chi connectivity index (χ0n) is 16.7. The largest absolute Gasteiger partial charge is 0.496 e. The molecule has 0 saturated carbocycles. The fraction of sp³-hybridized carbons (Fsp3) is 0.429. The number of amides is 2. The Morgan fingerprint density at radius 1 is 1.30 bits per heavy atom. The number of rotatable bonds is 7. The predicted octanol–water partition coefficient (Wildman–Crippen LogP) is 3.00. The molecule has 2 heterocycles. The number of piperidine rings is 1. The SMILES string of the molecule is COc1ccccc1/C=C1\SC(=S)N(CCCC(=O)N2CCC(C(=O)O)CC2)C1=O. The summed E-state index contributed by atoms with van der Waals surface area (Å²) in [5.74, 6) is -0.642. The van der Waals surface area contributed by atoms with E-state index in [2.05, 4.69) is 0 Å². The van der Waals surface area contributed by atoms with Gasteiger partial charge in [0.05, 0.1) is 17.9 Å². The summed E-state index contributed by atoms with van der Waals surface area (Å²) >= 11 is 6.61. The quantitative estimate of drug-likeness (QED) is 0.507. The molecular weight excluding hydrogens is 424 g/mol. The molecule has 2 saturated heterocycles. The molecule has 30 heavy (non-hydrogen) atoms. The van der Waals surface area contributed by atoms with Gasteiger partial charge in [0, 0.05) is 31.6 Å². The summed E-state index contributed by atoms with van der Waals surface area (Å²) in [7, 11) is 1.58. The number of para-hydroxylation sites is 1. The molecule has 3 rings (SSSR count). The third kappa shape index (κ3) is 5.20. The molecule has 2 aliphatic rings. The van der Waals surface area contributed by atoms with Gasteiger partial charge in [-0.05, 0) is 31.4 Å². The lowest BCUT2D eigenvalue weighted by Crippen LogP contribution is -2.40. The van der Waals surface area contributed by atoms with Gasteiger partial charge in [-0.3, -0.25) is 19.3 Å². The maximum atomic E-state index is 12.8. The second-order valence-electron chi connectivity index (χ2n) is 7.17. The van der Waals surface area contributed by atoms with E-state index in [1.165, 1.54) is 16.7 Å². The van der Waals surface area contributed by atoms with Crippen LogP contribution in [0, 0.1) is 5.92 Å². The van der Waals surface area contributed by atoms with Crippen LogP contribution in [0.25, 0.3) is 6.08 Å². The molecule has 2 fully saturated rings. The van der Waals surface area contributed by atoms with Crippen molar-refractivity contribution in [1.82, 2.24) is 9.80 Å². The summed E-state index contributed by atoms with van der Waals surface area (Å²) in [6.45, 7) is 1.32. The van der Waals surface area contributed by atoms with E-state index < -0.39 is 5.97 Å². The van der Waals surface area contributed by atoms with Crippen molar-refractivity contribution < 1.29 is 24.2 Å². The Kier molecular flexibility index (Phi) is 7.49. The molecule has 1 N–H and O–H groups in total. The van der Waals surface area contributed by atoms with Crippen molar-refractivity contribution in [3.05, 3.63) is 34.7 Å². The van der Waals surface area contributed by atoms with E-state index in [9.17, 15) is 14.4 Å². The Bertz CT molecular complexity index is 878. The summed E-state index contributed by atoms with van der Waals surface area (Å²) in [6.07, 6.45) is 3.56. The van der Waals surface area contributed by atoms with Crippen LogP contribution >= 0.6 is 24.0 Å². The van der Waals surface area contributed by atoms with Gasteiger partial charge in [-0.2, -0.15) is 0 Å². The third-order valence-electron chi connectivity index (χ3n) is 5.27. The van der Waals surface area contributed by atoms with Gasteiger partial charge in [-0.15, -0.1) is 0 Å². The van der Waals surface area contributed by atoms with Crippen LogP contribution < -0.4 is 4.74 Å². The van der Waals surface area contributed by atoms with E-state index in [-0.39, 0.29) is 17.7 Å². The molecule has 0 radical (unpaired) electrons. The van der Waals surface area contributed by atoms with E-state index in [1.807, 2.05) is 24.3 Å². The van der Waals surface area contributed by atoms with Gasteiger partial charge in [-0.25, -0.2) is 0 Å². The summed E-state index contributed by atoms with van der Waals surface area (Å²) in [5.41, 5.74) is 0.806. The first-order valence-corrected chi connectivity index (χ1v) is 11.0. The van der Waals surface area contributed by atoms with Gasteiger partial charge in [-0.1, -0.05) is 42.2 Å². The van der Waals surface area contributed by atoms with Crippen molar-refractivity contribution in [3.8, 4) is 5.75 Å². The molecule has 2 aliphatic heterocycles. The monoisotopic (exact) mass is 448 g/mol. The molecule has 0 aliphatic carbocycles. The van der Waals surface area contributed by atoms with Crippen LogP contribution in [-0.2, 0) is 14.4 Å². The Hall–Kier alpha value is -2.39. The smallest absolute Gasteiger partial charge is 0.306 e. The van der Waals surface area contributed by atoms with Gasteiger partial charge >= 0.3 is 5.97 Å². The molecule has 0 spiro atoms. The van der Waals surface area contributed by atoms with E-state index in [1.54, 1.807) is 18.1 Å². The lowest BCUT2D eigenvalue weighted by atomic mass is 9.97. The van der Waals surface area contributed by atoms with Gasteiger partial charge in [0.1, 0.15) is 10.1 Å². The van der Waals surface area contributed by atoms with Crippen molar-refractivity contribution in [1.29, 1.82) is 0 Å². The Labute approximate surface area is 185 Å². The number of thiocarbonyl (C=S) groups is 1. The molecule has 160 valence electrons. The van der Waals surface area contributed by atoms with Crippen LogP contribution in [0.15, 0.2) is 29.2 Å². The minimum Gasteiger partial charge on any atom is -0.496 e. The van der Waals surface area contributed by atoms with Crippen LogP contribution in [-0.4, -0.2) is 63.8 Å². The second kappa shape index (κ2) is 10.1. The number of aliphatic carboxylic acids is 1. The normalized spacial score (nSPS) is 18.9. The van der Waals surface area contributed by atoms with Crippen molar-refractivity contribution in [2.45, 2.75) is 25.7 Å². The van der Waals surface area contributed by atoms with Crippen molar-refractivity contribution in [3.63, 3.8) is 0 Å². The maximum Gasteiger partial charge on any atom is 0.306 e. The summed E-state index contributed by atoms with van der Waals surface area (Å²) < 4.78 is 5.81. The predicted molar refractivity (Wildman–Crippen MR) is 119 cm³/mol. The first-order valence-electron chi connectivity index (χ1n) is 9.79. The number of ether oxygens (including phenoxy) is 1. The van der Waals surface area contributed by atoms with E-state index in [0.717, 1.165) is 5.56 Å². The molecule has 0 aromatic heterocycles. The number of nitrogens with zero attached hydrogens (tertiary/aromatic N) is 2. The Morgan fingerprint density at radius 3 is 2.67 bits per heavy atom. The fourth-order valence-corrected chi connectivity index (χ4v) is 4.84. The van der Waals surface area contributed by atoms with Gasteiger partial charge < -0.3 is 14.7 Å². The standard InChI is InChI=1S/C21H24N2O5S2/c1-28-16-6-3-2-5-15(16)13-17-19(25)23(21(29)30-17)10-4-7-18(24)22-11-8-14(9-12-22)20(26)27/h2-3,5-6,13-14H,4,7-12H2,1H3,(H,26,27)/b17-13-. The fourth-order valence-electron chi connectivity index (χ4n) is 3.54. The van der Waals surface area contributed by atoms with Crippen LogP contribution in [0.2, 0.25) is 0 Å². The number of carbonyl (C=O) groups excluding carboxylic acids is 2. The second-order valence-corrected chi connectivity index (χ2v) is 8.85.